The summed E-state index contributed by atoms with van der Waals surface area (Å²) in [6.07, 6.45) is 4.99. The average molecular weight is 483 g/mol. The summed E-state index contributed by atoms with van der Waals surface area (Å²) in [5.41, 5.74) is 3.68. The van der Waals surface area contributed by atoms with Gasteiger partial charge < -0.3 is 24.2 Å². The van der Waals surface area contributed by atoms with Crippen LogP contribution in [0.3, 0.4) is 0 Å². The fourth-order valence-corrected chi connectivity index (χ4v) is 4.56. The number of aromatic nitrogens is 3. The van der Waals surface area contributed by atoms with Gasteiger partial charge in [0, 0.05) is 49.6 Å². The molecule has 1 unspecified atom stereocenters. The van der Waals surface area contributed by atoms with Crippen molar-refractivity contribution in [1.82, 2.24) is 14.6 Å². The van der Waals surface area contributed by atoms with E-state index in [9.17, 15) is 5.11 Å². The Morgan fingerprint density at radius 1 is 1.17 bits per heavy atom. The molecule has 3 heterocycles. The van der Waals surface area contributed by atoms with Crippen molar-refractivity contribution in [3.63, 3.8) is 0 Å². The van der Waals surface area contributed by atoms with Gasteiger partial charge >= 0.3 is 0 Å². The van der Waals surface area contributed by atoms with Crippen LogP contribution in [-0.4, -0.2) is 65.8 Å². The molecule has 0 saturated carbocycles. The van der Waals surface area contributed by atoms with Crippen molar-refractivity contribution in [2.24, 2.45) is 0 Å². The van der Waals surface area contributed by atoms with Crippen molar-refractivity contribution in [3.05, 3.63) is 36.0 Å². The zero-order chi connectivity index (χ0) is 24.9. The van der Waals surface area contributed by atoms with E-state index in [-0.39, 0.29) is 6.61 Å². The number of hydrogen-bond acceptors (Lipinski definition) is 7. The predicted octanol–water partition coefficient (Wildman–Crippen LogP) is 4.68. The van der Waals surface area contributed by atoms with Crippen molar-refractivity contribution >= 4 is 11.5 Å². The molecule has 1 aliphatic rings. The van der Waals surface area contributed by atoms with E-state index in [0.29, 0.717) is 29.9 Å². The number of nitrogens with zero attached hydrogens (tertiary/aromatic N) is 4. The number of hydrogen-bond donors (Lipinski definition) is 1. The van der Waals surface area contributed by atoms with Crippen LogP contribution in [0.15, 0.2) is 30.5 Å². The molecular weight excluding hydrogens is 444 g/mol. The molecule has 0 amide bonds. The van der Waals surface area contributed by atoms with Crippen LogP contribution >= 0.6 is 0 Å². The molecule has 8 nitrogen and oxygen atoms in total. The maximum absolute atomic E-state index is 10.1. The molecule has 4 rings (SSSR count). The molecule has 0 bridgehead atoms. The lowest BCUT2D eigenvalue weighted by molar-refractivity contribution is 0.0853. The molecule has 190 valence electrons. The summed E-state index contributed by atoms with van der Waals surface area (Å²) in [6, 6.07) is 8.23. The van der Waals surface area contributed by atoms with Crippen LogP contribution < -0.4 is 14.4 Å². The molecule has 1 atom stereocenters. The first-order valence-electron chi connectivity index (χ1n) is 12.6. The molecule has 0 radical (unpaired) electrons. The summed E-state index contributed by atoms with van der Waals surface area (Å²) >= 11 is 0. The Hall–Kier alpha value is -2.84. The molecule has 1 aliphatic heterocycles. The molecule has 3 aromatic rings. The van der Waals surface area contributed by atoms with Crippen LogP contribution in [0, 0.1) is 0 Å². The van der Waals surface area contributed by atoms with Gasteiger partial charge in [0.15, 0.2) is 5.65 Å². The number of ether oxygens (including phenoxy) is 3. The van der Waals surface area contributed by atoms with Crippen molar-refractivity contribution < 1.29 is 19.3 Å². The van der Waals surface area contributed by atoms with Gasteiger partial charge in [0.1, 0.15) is 23.9 Å². The maximum atomic E-state index is 10.1. The monoisotopic (exact) mass is 482 g/mol. The van der Waals surface area contributed by atoms with Crippen molar-refractivity contribution in [2.45, 2.75) is 64.5 Å². The number of rotatable bonds is 10. The minimum absolute atomic E-state index is 0.241. The molecule has 1 aromatic carbocycles. The number of anilines is 1. The number of benzene rings is 1. The standard InChI is InChI=1S/C27H38N4O4/c1-6-7-21(32)17-35-23-13-19(12-22(14-23)33-5)25-15-26(30(4)20-8-10-34-11-9-20)31-27(29-25)24(16-28-31)18(2)3/h12-16,18,20-21,32H,6-11,17H2,1-5H3. The normalized spacial score (nSPS) is 15.5. The van der Waals surface area contributed by atoms with Gasteiger partial charge in [-0.15, -0.1) is 0 Å². The first kappa shape index (κ1) is 25.3. The van der Waals surface area contributed by atoms with Gasteiger partial charge in [-0.25, -0.2) is 4.98 Å². The second kappa shape index (κ2) is 11.3. The fourth-order valence-electron chi connectivity index (χ4n) is 4.56. The third kappa shape index (κ3) is 5.70. The molecule has 0 aliphatic carbocycles. The Morgan fingerprint density at radius 2 is 1.91 bits per heavy atom. The van der Waals surface area contributed by atoms with Gasteiger partial charge in [-0.2, -0.15) is 9.61 Å². The minimum Gasteiger partial charge on any atom is -0.497 e. The summed E-state index contributed by atoms with van der Waals surface area (Å²) in [5.74, 6) is 2.61. The van der Waals surface area contributed by atoms with Gasteiger partial charge in [-0.1, -0.05) is 27.2 Å². The van der Waals surface area contributed by atoms with Gasteiger partial charge in [0.2, 0.25) is 0 Å². The third-order valence-electron chi connectivity index (χ3n) is 6.68. The van der Waals surface area contributed by atoms with Gasteiger partial charge in [-0.05, 0) is 37.3 Å². The predicted molar refractivity (Wildman–Crippen MR) is 138 cm³/mol. The van der Waals surface area contributed by atoms with Crippen LogP contribution in [0.25, 0.3) is 16.9 Å². The quantitative estimate of drug-likeness (QED) is 0.449. The summed E-state index contributed by atoms with van der Waals surface area (Å²) in [7, 11) is 3.77. The van der Waals surface area contributed by atoms with E-state index in [1.165, 1.54) is 0 Å². The summed E-state index contributed by atoms with van der Waals surface area (Å²) in [5, 5.41) is 14.8. The van der Waals surface area contributed by atoms with Crippen LogP contribution in [0.2, 0.25) is 0 Å². The second-order valence-electron chi connectivity index (χ2n) is 9.59. The van der Waals surface area contributed by atoms with E-state index in [1.54, 1.807) is 7.11 Å². The topological polar surface area (TPSA) is 81.3 Å². The van der Waals surface area contributed by atoms with E-state index in [0.717, 1.165) is 60.8 Å². The Balaban J connectivity index is 1.78. The summed E-state index contributed by atoms with van der Waals surface area (Å²) < 4.78 is 19.0. The lowest BCUT2D eigenvalue weighted by atomic mass is 10.1. The first-order valence-corrected chi connectivity index (χ1v) is 12.6. The highest BCUT2D eigenvalue weighted by Gasteiger charge is 2.24. The smallest absolute Gasteiger partial charge is 0.161 e. The largest absolute Gasteiger partial charge is 0.497 e. The first-order chi connectivity index (χ1) is 16.9. The molecule has 1 fully saturated rings. The van der Waals surface area contributed by atoms with Crippen LogP contribution in [0.4, 0.5) is 5.82 Å². The number of aliphatic hydroxyl groups excluding tert-OH is 1. The molecule has 1 N–H and O–H groups in total. The number of fused-ring (bicyclic) bond motifs is 1. The average Bonchev–Trinajstić information content (AvgIpc) is 3.31. The Labute approximate surface area is 207 Å². The van der Waals surface area contributed by atoms with Crippen LogP contribution in [-0.2, 0) is 4.74 Å². The zero-order valence-electron chi connectivity index (χ0n) is 21.5. The Kier molecular flexibility index (Phi) is 8.13. The number of methoxy groups -OCH3 is 1. The van der Waals surface area contributed by atoms with E-state index >= 15 is 0 Å². The van der Waals surface area contributed by atoms with Crippen molar-refractivity contribution in [1.29, 1.82) is 0 Å². The summed E-state index contributed by atoms with van der Waals surface area (Å²) in [4.78, 5) is 7.35. The molecule has 1 saturated heterocycles. The van der Waals surface area contributed by atoms with E-state index in [4.69, 9.17) is 24.3 Å². The zero-order valence-corrected chi connectivity index (χ0v) is 21.5. The molecule has 35 heavy (non-hydrogen) atoms. The van der Waals surface area contributed by atoms with Gasteiger partial charge in [0.25, 0.3) is 0 Å². The minimum atomic E-state index is -0.496. The lowest BCUT2D eigenvalue weighted by Crippen LogP contribution is -2.37. The lowest BCUT2D eigenvalue weighted by Gasteiger charge is -2.33. The van der Waals surface area contributed by atoms with Crippen molar-refractivity contribution in [3.8, 4) is 22.8 Å². The molecular formula is C27H38N4O4. The third-order valence-corrected chi connectivity index (χ3v) is 6.68. The van der Waals surface area contributed by atoms with E-state index in [1.807, 2.05) is 35.8 Å². The summed E-state index contributed by atoms with van der Waals surface area (Å²) in [6.45, 7) is 8.15. The fraction of sp³-hybridized carbons (Fsp3) is 0.556. The highest BCUT2D eigenvalue weighted by atomic mass is 16.5. The highest BCUT2D eigenvalue weighted by molar-refractivity contribution is 5.71. The number of aliphatic hydroxyl groups is 1. The Bertz CT molecular complexity index is 1120. The van der Waals surface area contributed by atoms with Crippen LogP contribution in [0.1, 0.15) is 57.9 Å². The van der Waals surface area contributed by atoms with Gasteiger partial charge in [0.05, 0.1) is 25.1 Å². The maximum Gasteiger partial charge on any atom is 0.161 e. The highest BCUT2D eigenvalue weighted by Crippen LogP contribution is 2.34. The van der Waals surface area contributed by atoms with Crippen LogP contribution in [0.5, 0.6) is 11.5 Å². The Morgan fingerprint density at radius 3 is 2.60 bits per heavy atom. The van der Waals surface area contributed by atoms with E-state index < -0.39 is 6.10 Å². The van der Waals surface area contributed by atoms with Gasteiger partial charge in [-0.3, -0.25) is 0 Å². The van der Waals surface area contributed by atoms with Crippen molar-refractivity contribution in [2.75, 3.05) is 38.9 Å². The molecule has 2 aromatic heterocycles. The molecule has 0 spiro atoms. The van der Waals surface area contributed by atoms with E-state index in [2.05, 4.69) is 31.9 Å². The second-order valence-corrected chi connectivity index (χ2v) is 9.59. The SMILES string of the molecule is CCCC(O)COc1cc(OC)cc(-c2cc(N(C)C3CCOCC3)n3ncc(C(C)C)c3n2)c1. The molecule has 8 heteroatoms.